The number of rotatable bonds is 7. The molecular weight excluding hydrogens is 270 g/mol. The topological polar surface area (TPSA) is 34.4 Å². The van der Waals surface area contributed by atoms with E-state index in [1.165, 1.54) is 5.56 Å². The van der Waals surface area contributed by atoms with Crippen molar-refractivity contribution in [3.8, 4) is 5.75 Å². The molecule has 108 valence electrons. The summed E-state index contributed by atoms with van der Waals surface area (Å²) in [6.07, 6.45) is 2.07. The van der Waals surface area contributed by atoms with E-state index in [0.29, 0.717) is 0 Å². The first kappa shape index (κ1) is 15.0. The molecule has 3 nitrogen and oxygen atoms in total. The standard InChI is InChI=1S/C16H21NO2S/c1-12(13-5-4-6-14(9-13)18-2)17-10-15-7-8-16(19-15)11-20-3/h4-9,12,17H,10-11H2,1-3H3/t12-/m1/s1. The summed E-state index contributed by atoms with van der Waals surface area (Å²) in [4.78, 5) is 0. The van der Waals surface area contributed by atoms with Crippen LogP contribution in [0.5, 0.6) is 5.75 Å². The van der Waals surface area contributed by atoms with Crippen molar-refractivity contribution in [3.05, 3.63) is 53.5 Å². The number of ether oxygens (including phenoxy) is 1. The van der Waals surface area contributed by atoms with Gasteiger partial charge < -0.3 is 14.5 Å². The average Bonchev–Trinajstić information content (AvgIpc) is 2.93. The van der Waals surface area contributed by atoms with Gasteiger partial charge in [0.05, 0.1) is 19.4 Å². The van der Waals surface area contributed by atoms with Gasteiger partial charge >= 0.3 is 0 Å². The SMILES string of the molecule is COc1cccc([C@@H](C)NCc2ccc(CSC)o2)c1. The fourth-order valence-electron chi connectivity index (χ4n) is 2.02. The Bertz CT molecular complexity index is 539. The van der Waals surface area contributed by atoms with Gasteiger partial charge in [0.1, 0.15) is 17.3 Å². The highest BCUT2D eigenvalue weighted by molar-refractivity contribution is 7.97. The lowest BCUT2D eigenvalue weighted by atomic mass is 10.1. The molecule has 0 aliphatic rings. The second-order valence-corrected chi connectivity index (χ2v) is 5.55. The average molecular weight is 291 g/mol. The highest BCUT2D eigenvalue weighted by Crippen LogP contribution is 2.20. The smallest absolute Gasteiger partial charge is 0.119 e. The maximum absolute atomic E-state index is 5.75. The maximum atomic E-state index is 5.75. The molecule has 0 aliphatic carbocycles. The van der Waals surface area contributed by atoms with E-state index in [4.69, 9.17) is 9.15 Å². The minimum Gasteiger partial charge on any atom is -0.497 e. The molecule has 2 rings (SSSR count). The molecule has 0 radical (unpaired) electrons. The zero-order valence-electron chi connectivity index (χ0n) is 12.2. The van der Waals surface area contributed by atoms with Crippen LogP contribution in [-0.2, 0) is 12.3 Å². The Morgan fingerprint density at radius 1 is 1.25 bits per heavy atom. The van der Waals surface area contributed by atoms with Crippen LogP contribution >= 0.6 is 11.8 Å². The van der Waals surface area contributed by atoms with Crippen molar-refractivity contribution in [2.75, 3.05) is 13.4 Å². The van der Waals surface area contributed by atoms with Gasteiger partial charge in [-0.3, -0.25) is 0 Å². The van der Waals surface area contributed by atoms with E-state index in [2.05, 4.69) is 30.6 Å². The molecule has 0 amide bonds. The molecule has 1 aromatic heterocycles. The number of benzene rings is 1. The summed E-state index contributed by atoms with van der Waals surface area (Å²) in [6, 6.07) is 12.5. The van der Waals surface area contributed by atoms with Crippen LogP contribution < -0.4 is 10.1 Å². The Morgan fingerprint density at radius 3 is 2.80 bits per heavy atom. The van der Waals surface area contributed by atoms with E-state index in [-0.39, 0.29) is 6.04 Å². The van der Waals surface area contributed by atoms with Crippen LogP contribution in [0.15, 0.2) is 40.8 Å². The van der Waals surface area contributed by atoms with Crippen molar-refractivity contribution < 1.29 is 9.15 Å². The lowest BCUT2D eigenvalue weighted by Gasteiger charge is -2.14. The van der Waals surface area contributed by atoms with Crippen molar-refractivity contribution in [2.24, 2.45) is 0 Å². The first-order chi connectivity index (χ1) is 9.72. The van der Waals surface area contributed by atoms with Crippen LogP contribution in [0, 0.1) is 0 Å². The predicted octanol–water partition coefficient (Wildman–Crippen LogP) is 4.00. The molecule has 1 N–H and O–H groups in total. The maximum Gasteiger partial charge on any atom is 0.119 e. The summed E-state index contributed by atoms with van der Waals surface area (Å²) >= 11 is 1.77. The molecule has 0 fully saturated rings. The molecule has 1 atom stereocenters. The molecule has 0 spiro atoms. The Labute approximate surface area is 124 Å². The van der Waals surface area contributed by atoms with Crippen molar-refractivity contribution in [1.82, 2.24) is 5.32 Å². The van der Waals surface area contributed by atoms with Gasteiger partial charge in [-0.05, 0) is 43.0 Å². The van der Waals surface area contributed by atoms with E-state index in [1.807, 2.05) is 24.3 Å². The van der Waals surface area contributed by atoms with Crippen LogP contribution in [0.4, 0.5) is 0 Å². The molecule has 0 saturated heterocycles. The van der Waals surface area contributed by atoms with Crippen LogP contribution in [0.25, 0.3) is 0 Å². The third kappa shape index (κ3) is 4.05. The third-order valence-corrected chi connectivity index (χ3v) is 3.75. The van der Waals surface area contributed by atoms with Gasteiger partial charge in [0.15, 0.2) is 0 Å². The summed E-state index contributed by atoms with van der Waals surface area (Å²) in [5, 5.41) is 3.47. The second-order valence-electron chi connectivity index (χ2n) is 4.68. The van der Waals surface area contributed by atoms with Gasteiger partial charge in [-0.25, -0.2) is 0 Å². The van der Waals surface area contributed by atoms with Gasteiger partial charge in [0.2, 0.25) is 0 Å². The number of nitrogens with one attached hydrogen (secondary N) is 1. The van der Waals surface area contributed by atoms with Crippen molar-refractivity contribution in [3.63, 3.8) is 0 Å². The minimum atomic E-state index is 0.249. The predicted molar refractivity (Wildman–Crippen MR) is 84.2 cm³/mol. The highest BCUT2D eigenvalue weighted by atomic mass is 32.2. The van der Waals surface area contributed by atoms with Gasteiger partial charge in [-0.2, -0.15) is 11.8 Å². The van der Waals surface area contributed by atoms with Gasteiger partial charge in [0.25, 0.3) is 0 Å². The first-order valence-corrected chi connectivity index (χ1v) is 8.06. The van der Waals surface area contributed by atoms with E-state index < -0.39 is 0 Å². The van der Waals surface area contributed by atoms with Gasteiger partial charge in [0, 0.05) is 6.04 Å². The fraction of sp³-hybridized carbons (Fsp3) is 0.375. The molecule has 1 heterocycles. The normalized spacial score (nSPS) is 12.3. The molecule has 0 saturated carbocycles. The minimum absolute atomic E-state index is 0.249. The number of hydrogen-bond acceptors (Lipinski definition) is 4. The van der Waals surface area contributed by atoms with E-state index in [9.17, 15) is 0 Å². The van der Waals surface area contributed by atoms with Gasteiger partial charge in [-0.1, -0.05) is 12.1 Å². The number of methoxy groups -OCH3 is 1. The second kappa shape index (κ2) is 7.41. The lowest BCUT2D eigenvalue weighted by Crippen LogP contribution is -2.17. The molecule has 0 aliphatic heterocycles. The largest absolute Gasteiger partial charge is 0.497 e. The fourth-order valence-corrected chi connectivity index (χ4v) is 2.46. The van der Waals surface area contributed by atoms with E-state index in [1.54, 1.807) is 18.9 Å². The van der Waals surface area contributed by atoms with Crippen LogP contribution in [0.1, 0.15) is 30.0 Å². The van der Waals surface area contributed by atoms with Crippen LogP contribution in [-0.4, -0.2) is 13.4 Å². The zero-order valence-corrected chi connectivity index (χ0v) is 13.0. The molecule has 0 unspecified atom stereocenters. The van der Waals surface area contributed by atoms with Crippen molar-refractivity contribution in [1.29, 1.82) is 0 Å². The summed E-state index contributed by atoms with van der Waals surface area (Å²) in [6.45, 7) is 2.87. The Balaban J connectivity index is 1.91. The quantitative estimate of drug-likeness (QED) is 0.836. The Kier molecular flexibility index (Phi) is 5.56. The molecule has 2 aromatic rings. The number of hydrogen-bond donors (Lipinski definition) is 1. The molecule has 1 aromatic carbocycles. The summed E-state index contributed by atoms with van der Waals surface area (Å²) in [5.74, 6) is 3.81. The Hall–Kier alpha value is -1.39. The Morgan fingerprint density at radius 2 is 2.05 bits per heavy atom. The lowest BCUT2D eigenvalue weighted by molar-refractivity contribution is 0.412. The highest BCUT2D eigenvalue weighted by Gasteiger charge is 2.08. The summed E-state index contributed by atoms with van der Waals surface area (Å²) < 4.78 is 11.0. The van der Waals surface area contributed by atoms with E-state index in [0.717, 1.165) is 29.6 Å². The molecule has 4 heteroatoms. The monoisotopic (exact) mass is 291 g/mol. The molecule has 0 bridgehead atoms. The van der Waals surface area contributed by atoms with Gasteiger partial charge in [-0.15, -0.1) is 0 Å². The van der Waals surface area contributed by atoms with Crippen LogP contribution in [0.3, 0.4) is 0 Å². The summed E-state index contributed by atoms with van der Waals surface area (Å²) in [5.41, 5.74) is 1.21. The van der Waals surface area contributed by atoms with Crippen molar-refractivity contribution >= 4 is 11.8 Å². The summed E-state index contributed by atoms with van der Waals surface area (Å²) in [7, 11) is 1.69. The van der Waals surface area contributed by atoms with Crippen molar-refractivity contribution in [2.45, 2.75) is 25.3 Å². The van der Waals surface area contributed by atoms with Crippen LogP contribution in [0.2, 0.25) is 0 Å². The molecule has 20 heavy (non-hydrogen) atoms. The molecular formula is C16H21NO2S. The van der Waals surface area contributed by atoms with E-state index >= 15 is 0 Å². The number of furan rings is 1. The number of thioether (sulfide) groups is 1. The first-order valence-electron chi connectivity index (χ1n) is 6.66. The third-order valence-electron chi connectivity index (χ3n) is 3.18. The zero-order chi connectivity index (χ0) is 14.4.